The van der Waals surface area contributed by atoms with Gasteiger partial charge in [0, 0.05) is 37.8 Å². The van der Waals surface area contributed by atoms with Crippen molar-refractivity contribution in [3.63, 3.8) is 0 Å². The van der Waals surface area contributed by atoms with E-state index in [4.69, 9.17) is 0 Å². The van der Waals surface area contributed by atoms with Crippen LogP contribution in [0.1, 0.15) is 53.8 Å². The number of anilines is 1. The van der Waals surface area contributed by atoms with Crippen molar-refractivity contribution in [2.45, 2.75) is 32.1 Å². The lowest BCUT2D eigenvalue weighted by Gasteiger charge is -2.32. The third-order valence-corrected chi connectivity index (χ3v) is 6.02. The predicted octanol–water partition coefficient (Wildman–Crippen LogP) is 3.10. The summed E-state index contributed by atoms with van der Waals surface area (Å²) < 4.78 is 0. The van der Waals surface area contributed by atoms with Crippen LogP contribution in [0.4, 0.5) is 11.5 Å². The monoisotopic (exact) mass is 420 g/mol. The second kappa shape index (κ2) is 9.26. The highest BCUT2D eigenvalue weighted by molar-refractivity contribution is 6.03. The number of aromatic amines is 1. The maximum absolute atomic E-state index is 12.7. The van der Waals surface area contributed by atoms with Crippen LogP contribution in [-0.4, -0.2) is 59.6 Å². The quantitative estimate of drug-likeness (QED) is 0.647. The van der Waals surface area contributed by atoms with E-state index in [2.05, 4.69) is 50.5 Å². The van der Waals surface area contributed by atoms with Crippen LogP contribution < -0.4 is 10.6 Å². The van der Waals surface area contributed by atoms with E-state index < -0.39 is 0 Å². The van der Waals surface area contributed by atoms with Crippen molar-refractivity contribution in [3.05, 3.63) is 47.4 Å². The minimum absolute atomic E-state index is 0.142. The Kier molecular flexibility index (Phi) is 6.27. The Morgan fingerprint density at radius 2 is 2.10 bits per heavy atom. The molecule has 1 fully saturated rings. The summed E-state index contributed by atoms with van der Waals surface area (Å²) in [6.07, 6.45) is 6.57. The lowest BCUT2D eigenvalue weighted by molar-refractivity contribution is -0.129. The molecule has 0 saturated carbocycles. The van der Waals surface area contributed by atoms with E-state index in [0.717, 1.165) is 56.7 Å². The fourth-order valence-corrected chi connectivity index (χ4v) is 4.26. The number of imidazole rings is 1. The first kappa shape index (κ1) is 21.0. The average molecular weight is 421 g/mol. The SMILES string of the molecule is C=Nc1cnc(C(=O)Nc2ccc(C3CCN(C(C)=O)CC3)cc2C2=CCCNC2)[nH]1. The minimum atomic E-state index is -0.317. The molecule has 2 aliphatic heterocycles. The summed E-state index contributed by atoms with van der Waals surface area (Å²) in [5.41, 5.74) is 4.21. The van der Waals surface area contributed by atoms with Gasteiger partial charge in [-0.1, -0.05) is 12.1 Å². The molecule has 2 aromatic rings. The van der Waals surface area contributed by atoms with E-state index in [9.17, 15) is 9.59 Å². The molecule has 4 rings (SSSR count). The summed E-state index contributed by atoms with van der Waals surface area (Å²) in [7, 11) is 0. The standard InChI is InChI=1S/C23H28N6O2/c1-15(30)29-10-7-16(8-11-29)17-5-6-20(19(12-17)18-4-3-9-25-13-18)27-23(31)22-26-14-21(24-2)28-22/h4-6,12,14,16,25H,2-3,7-11,13H2,1H3,(H,26,28)(H,27,31). The van der Waals surface area contributed by atoms with Gasteiger partial charge in [-0.05, 0) is 61.7 Å². The molecule has 2 amide bonds. The zero-order valence-corrected chi connectivity index (χ0v) is 17.8. The number of hydrogen-bond donors (Lipinski definition) is 3. The Morgan fingerprint density at radius 3 is 2.74 bits per heavy atom. The van der Waals surface area contributed by atoms with Crippen LogP contribution >= 0.6 is 0 Å². The van der Waals surface area contributed by atoms with Gasteiger partial charge in [-0.15, -0.1) is 0 Å². The number of nitrogens with one attached hydrogen (secondary N) is 3. The molecule has 1 saturated heterocycles. The van der Waals surface area contributed by atoms with Crippen LogP contribution in [0.15, 0.2) is 35.5 Å². The minimum Gasteiger partial charge on any atom is -0.343 e. The topological polar surface area (TPSA) is 102 Å². The van der Waals surface area contributed by atoms with Crippen LogP contribution in [0.2, 0.25) is 0 Å². The molecule has 0 radical (unpaired) electrons. The summed E-state index contributed by atoms with van der Waals surface area (Å²) in [5.74, 6) is 0.885. The smallest absolute Gasteiger partial charge is 0.291 e. The summed E-state index contributed by atoms with van der Waals surface area (Å²) >= 11 is 0. The Bertz CT molecular complexity index is 1020. The molecular formula is C23H28N6O2. The summed E-state index contributed by atoms with van der Waals surface area (Å²) in [5, 5.41) is 6.41. The van der Waals surface area contributed by atoms with Gasteiger partial charge >= 0.3 is 0 Å². The summed E-state index contributed by atoms with van der Waals surface area (Å²) in [6, 6.07) is 6.26. The van der Waals surface area contributed by atoms with Crippen molar-refractivity contribution >= 4 is 35.6 Å². The normalized spacial score (nSPS) is 17.2. The number of rotatable bonds is 5. The molecule has 3 heterocycles. The molecule has 1 aromatic carbocycles. The number of aromatic nitrogens is 2. The second-order valence-electron chi connectivity index (χ2n) is 8.01. The molecule has 8 nitrogen and oxygen atoms in total. The third kappa shape index (κ3) is 4.74. The van der Waals surface area contributed by atoms with Gasteiger partial charge in [0.25, 0.3) is 5.91 Å². The maximum atomic E-state index is 12.7. The maximum Gasteiger partial charge on any atom is 0.291 e. The van der Waals surface area contributed by atoms with Gasteiger partial charge in [0.05, 0.1) is 6.20 Å². The molecule has 0 unspecified atom stereocenters. The lowest BCUT2D eigenvalue weighted by Crippen LogP contribution is -2.36. The van der Waals surface area contributed by atoms with Crippen molar-refractivity contribution in [1.82, 2.24) is 20.2 Å². The highest BCUT2D eigenvalue weighted by Gasteiger charge is 2.24. The molecule has 0 bridgehead atoms. The van der Waals surface area contributed by atoms with E-state index in [1.165, 1.54) is 17.3 Å². The first-order chi connectivity index (χ1) is 15.0. The van der Waals surface area contributed by atoms with Gasteiger partial charge in [-0.3, -0.25) is 9.59 Å². The zero-order valence-electron chi connectivity index (χ0n) is 17.8. The number of H-pyrrole nitrogens is 1. The first-order valence-corrected chi connectivity index (χ1v) is 10.7. The van der Waals surface area contributed by atoms with E-state index >= 15 is 0 Å². The fraction of sp³-hybridized carbons (Fsp3) is 0.391. The molecule has 8 heteroatoms. The second-order valence-corrected chi connectivity index (χ2v) is 8.01. The number of piperidine rings is 1. The Morgan fingerprint density at radius 1 is 1.29 bits per heavy atom. The van der Waals surface area contributed by atoms with Gasteiger partial charge in [0.2, 0.25) is 5.91 Å². The number of carbonyl (C=O) groups is 2. The molecule has 1 aromatic heterocycles. The van der Waals surface area contributed by atoms with Crippen molar-refractivity contribution < 1.29 is 9.59 Å². The van der Waals surface area contributed by atoms with Gasteiger partial charge in [0.1, 0.15) is 5.82 Å². The fourth-order valence-electron chi connectivity index (χ4n) is 4.26. The van der Waals surface area contributed by atoms with E-state index in [1.54, 1.807) is 6.92 Å². The van der Waals surface area contributed by atoms with E-state index in [0.29, 0.717) is 11.7 Å². The molecule has 0 aliphatic carbocycles. The van der Waals surface area contributed by atoms with Crippen LogP contribution in [-0.2, 0) is 4.79 Å². The average Bonchev–Trinajstić information content (AvgIpc) is 3.29. The van der Waals surface area contributed by atoms with Crippen molar-refractivity contribution in [2.24, 2.45) is 4.99 Å². The molecule has 31 heavy (non-hydrogen) atoms. The Balaban J connectivity index is 1.59. The third-order valence-electron chi connectivity index (χ3n) is 6.02. The predicted molar refractivity (Wildman–Crippen MR) is 122 cm³/mol. The van der Waals surface area contributed by atoms with Crippen LogP contribution in [0.3, 0.4) is 0 Å². The number of aliphatic imine (C=N–C) groups is 1. The number of likely N-dealkylation sites (tertiary alicyclic amines) is 1. The number of hydrogen-bond acceptors (Lipinski definition) is 5. The van der Waals surface area contributed by atoms with E-state index in [-0.39, 0.29) is 17.6 Å². The number of carbonyl (C=O) groups excluding carboxylic acids is 2. The van der Waals surface area contributed by atoms with Crippen LogP contribution in [0.5, 0.6) is 0 Å². The first-order valence-electron chi connectivity index (χ1n) is 10.7. The Hall–Kier alpha value is -3.26. The lowest BCUT2D eigenvalue weighted by atomic mass is 9.86. The van der Waals surface area contributed by atoms with Crippen molar-refractivity contribution in [3.8, 4) is 0 Å². The van der Waals surface area contributed by atoms with Gasteiger partial charge < -0.3 is 20.5 Å². The molecule has 0 spiro atoms. The summed E-state index contributed by atoms with van der Waals surface area (Å²) in [4.78, 5) is 37.0. The van der Waals surface area contributed by atoms with Crippen molar-refractivity contribution in [2.75, 3.05) is 31.5 Å². The van der Waals surface area contributed by atoms with Gasteiger partial charge in [-0.25, -0.2) is 9.98 Å². The highest BCUT2D eigenvalue weighted by atomic mass is 16.2. The molecule has 0 atom stereocenters. The number of nitrogens with zero attached hydrogens (tertiary/aromatic N) is 3. The zero-order chi connectivity index (χ0) is 21.8. The molecule has 3 N–H and O–H groups in total. The largest absolute Gasteiger partial charge is 0.343 e. The van der Waals surface area contributed by atoms with E-state index in [1.807, 2.05) is 11.0 Å². The van der Waals surface area contributed by atoms with Crippen LogP contribution in [0.25, 0.3) is 5.57 Å². The van der Waals surface area contributed by atoms with Gasteiger partial charge in [0.15, 0.2) is 5.82 Å². The number of amides is 2. The van der Waals surface area contributed by atoms with Gasteiger partial charge in [-0.2, -0.15) is 0 Å². The van der Waals surface area contributed by atoms with Crippen LogP contribution in [0, 0.1) is 0 Å². The molecule has 2 aliphatic rings. The molecule has 162 valence electrons. The Labute approximate surface area is 181 Å². The summed E-state index contributed by atoms with van der Waals surface area (Å²) in [6.45, 7) is 8.37. The number of benzene rings is 1. The molecular weight excluding hydrogens is 392 g/mol. The highest BCUT2D eigenvalue weighted by Crippen LogP contribution is 2.34. The van der Waals surface area contributed by atoms with Crippen molar-refractivity contribution in [1.29, 1.82) is 0 Å².